The fraction of sp³-hybridized carbons (Fsp3) is 0.429. The minimum Gasteiger partial charge on any atom is -0.497 e. The van der Waals surface area contributed by atoms with E-state index in [9.17, 15) is 4.79 Å². The lowest BCUT2D eigenvalue weighted by Gasteiger charge is -2.28. The third-order valence-electron chi connectivity index (χ3n) is 6.64. The number of H-pyrrole nitrogens is 1. The van der Waals surface area contributed by atoms with E-state index < -0.39 is 0 Å². The molecule has 1 aromatic heterocycles. The highest BCUT2D eigenvalue weighted by Gasteiger charge is 2.16. The topological polar surface area (TPSA) is 88.3 Å². The standard InChI is InChI=1S/C28H36N4O5S/c1-34-23-7-5-20(6-8-23)18-32(28(38)29-9-4-10-31-11-13-37-14-12-31)19-22-15-21-16-25(35-2)26(36-3)17-24(21)30-27(22)33/h5-8,15-17H,4,9-14,18-19H2,1-3H3,(H,29,38)(H,30,33). The van der Waals surface area contributed by atoms with E-state index >= 15 is 0 Å². The molecule has 204 valence electrons. The first-order valence-electron chi connectivity index (χ1n) is 12.7. The van der Waals surface area contributed by atoms with E-state index in [-0.39, 0.29) is 5.56 Å². The number of pyridine rings is 1. The van der Waals surface area contributed by atoms with Gasteiger partial charge in [-0.05, 0) is 55.0 Å². The number of methoxy groups -OCH3 is 3. The largest absolute Gasteiger partial charge is 0.497 e. The Kier molecular flexibility index (Phi) is 9.80. The summed E-state index contributed by atoms with van der Waals surface area (Å²) in [4.78, 5) is 20.5. The fourth-order valence-corrected chi connectivity index (χ4v) is 4.72. The third-order valence-corrected chi connectivity index (χ3v) is 7.04. The predicted molar refractivity (Wildman–Crippen MR) is 152 cm³/mol. The molecule has 1 aliphatic heterocycles. The molecule has 2 N–H and O–H groups in total. The number of fused-ring (bicyclic) bond motifs is 1. The Labute approximate surface area is 228 Å². The smallest absolute Gasteiger partial charge is 0.253 e. The first-order valence-corrected chi connectivity index (χ1v) is 13.1. The number of ether oxygens (including phenoxy) is 4. The first kappa shape index (κ1) is 27.7. The average molecular weight is 541 g/mol. The molecule has 0 amide bonds. The number of aromatic nitrogens is 1. The number of nitrogens with one attached hydrogen (secondary N) is 2. The van der Waals surface area contributed by atoms with E-state index in [0.717, 1.165) is 62.5 Å². The van der Waals surface area contributed by atoms with E-state index in [0.29, 0.717) is 40.8 Å². The van der Waals surface area contributed by atoms with Crippen molar-refractivity contribution in [3.8, 4) is 17.2 Å². The Morgan fingerprint density at radius 1 is 1.03 bits per heavy atom. The van der Waals surface area contributed by atoms with E-state index in [2.05, 4.69) is 15.2 Å². The normalized spacial score (nSPS) is 13.8. The Hall–Kier alpha value is -3.34. The van der Waals surface area contributed by atoms with Gasteiger partial charge in [0, 0.05) is 43.2 Å². The van der Waals surface area contributed by atoms with Crippen LogP contribution in [0.1, 0.15) is 17.5 Å². The summed E-state index contributed by atoms with van der Waals surface area (Å²) in [6.45, 7) is 6.16. The van der Waals surface area contributed by atoms with Gasteiger partial charge in [0.2, 0.25) is 0 Å². The molecule has 9 nitrogen and oxygen atoms in total. The number of thiocarbonyl (C=S) groups is 1. The van der Waals surface area contributed by atoms with Crippen LogP contribution in [-0.4, -0.2) is 80.6 Å². The van der Waals surface area contributed by atoms with E-state index in [1.165, 1.54) is 0 Å². The van der Waals surface area contributed by atoms with Crippen molar-refractivity contribution in [2.24, 2.45) is 0 Å². The molecule has 38 heavy (non-hydrogen) atoms. The Morgan fingerprint density at radius 2 is 1.74 bits per heavy atom. The molecule has 0 bridgehead atoms. The van der Waals surface area contributed by atoms with Crippen molar-refractivity contribution >= 4 is 28.2 Å². The van der Waals surface area contributed by atoms with Gasteiger partial charge in [0.25, 0.3) is 5.56 Å². The summed E-state index contributed by atoms with van der Waals surface area (Å²) >= 11 is 5.81. The summed E-state index contributed by atoms with van der Waals surface area (Å²) in [6.07, 6.45) is 0.967. The van der Waals surface area contributed by atoms with Gasteiger partial charge in [-0.2, -0.15) is 0 Å². The molecule has 1 fully saturated rings. The number of hydrogen-bond donors (Lipinski definition) is 2. The predicted octanol–water partition coefficient (Wildman–Crippen LogP) is 3.15. The maximum atomic E-state index is 13.1. The molecule has 4 rings (SSSR count). The van der Waals surface area contributed by atoms with Crippen LogP contribution >= 0.6 is 12.2 Å². The molecule has 1 aliphatic rings. The van der Waals surface area contributed by atoms with Crippen LogP contribution in [0.2, 0.25) is 0 Å². The van der Waals surface area contributed by atoms with Gasteiger partial charge in [-0.15, -0.1) is 0 Å². The molecule has 0 atom stereocenters. The fourth-order valence-electron chi connectivity index (χ4n) is 4.49. The van der Waals surface area contributed by atoms with Gasteiger partial charge >= 0.3 is 0 Å². The molecule has 1 saturated heterocycles. The second-order valence-corrected chi connectivity index (χ2v) is 9.55. The number of aromatic amines is 1. The summed E-state index contributed by atoms with van der Waals surface area (Å²) in [5, 5.41) is 4.86. The average Bonchev–Trinajstić information content (AvgIpc) is 2.95. The van der Waals surface area contributed by atoms with Gasteiger partial charge < -0.3 is 34.1 Å². The quantitative estimate of drug-likeness (QED) is 0.281. The van der Waals surface area contributed by atoms with Crippen LogP contribution in [0.25, 0.3) is 10.9 Å². The Balaban J connectivity index is 1.51. The molecule has 0 radical (unpaired) electrons. The molecule has 0 saturated carbocycles. The summed E-state index contributed by atoms with van der Waals surface area (Å²) in [5.41, 5.74) is 2.18. The Morgan fingerprint density at radius 3 is 2.42 bits per heavy atom. The van der Waals surface area contributed by atoms with Crippen molar-refractivity contribution in [1.82, 2.24) is 20.1 Å². The van der Waals surface area contributed by atoms with E-state index in [1.54, 1.807) is 27.4 Å². The van der Waals surface area contributed by atoms with Crippen molar-refractivity contribution in [2.75, 3.05) is 60.7 Å². The molecule has 2 aromatic carbocycles. The van der Waals surface area contributed by atoms with Crippen molar-refractivity contribution in [3.05, 3.63) is 63.9 Å². The van der Waals surface area contributed by atoms with Crippen LogP contribution in [0.4, 0.5) is 0 Å². The molecular formula is C28H36N4O5S. The summed E-state index contributed by atoms with van der Waals surface area (Å²) < 4.78 is 21.6. The highest BCUT2D eigenvalue weighted by Crippen LogP contribution is 2.31. The number of nitrogens with zero attached hydrogens (tertiary/aromatic N) is 2. The highest BCUT2D eigenvalue weighted by atomic mass is 32.1. The third kappa shape index (κ3) is 7.15. The molecular weight excluding hydrogens is 504 g/mol. The second kappa shape index (κ2) is 13.5. The van der Waals surface area contributed by atoms with Crippen molar-refractivity contribution < 1.29 is 18.9 Å². The second-order valence-electron chi connectivity index (χ2n) is 9.16. The summed E-state index contributed by atoms with van der Waals surface area (Å²) in [5.74, 6) is 1.96. The van der Waals surface area contributed by atoms with Crippen LogP contribution in [0, 0.1) is 0 Å². The molecule has 0 aliphatic carbocycles. The number of rotatable bonds is 11. The van der Waals surface area contributed by atoms with E-state index in [1.807, 2.05) is 41.3 Å². The Bertz CT molecular complexity index is 1270. The zero-order valence-electron chi connectivity index (χ0n) is 22.2. The van der Waals surface area contributed by atoms with Gasteiger partial charge in [-0.3, -0.25) is 9.69 Å². The van der Waals surface area contributed by atoms with Crippen LogP contribution < -0.4 is 25.1 Å². The minimum atomic E-state index is -0.167. The lowest BCUT2D eigenvalue weighted by molar-refractivity contribution is 0.0376. The minimum absolute atomic E-state index is 0.167. The van der Waals surface area contributed by atoms with Gasteiger partial charge in [0.05, 0.1) is 46.6 Å². The summed E-state index contributed by atoms with van der Waals surface area (Å²) in [6, 6.07) is 13.4. The van der Waals surface area contributed by atoms with Gasteiger partial charge in [-0.25, -0.2) is 0 Å². The number of benzene rings is 2. The van der Waals surface area contributed by atoms with Gasteiger partial charge in [0.15, 0.2) is 16.6 Å². The number of morpholine rings is 1. The molecule has 2 heterocycles. The van der Waals surface area contributed by atoms with Crippen molar-refractivity contribution in [2.45, 2.75) is 19.5 Å². The SMILES string of the molecule is COc1ccc(CN(Cc2cc3cc(OC)c(OC)cc3[nH]c2=O)C(=S)NCCCN2CCOCC2)cc1. The van der Waals surface area contributed by atoms with Crippen molar-refractivity contribution in [1.29, 1.82) is 0 Å². The van der Waals surface area contributed by atoms with Crippen LogP contribution in [0.15, 0.2) is 47.3 Å². The molecule has 3 aromatic rings. The highest BCUT2D eigenvalue weighted by molar-refractivity contribution is 7.80. The monoisotopic (exact) mass is 540 g/mol. The maximum Gasteiger partial charge on any atom is 0.253 e. The molecule has 0 spiro atoms. The summed E-state index contributed by atoms with van der Waals surface area (Å²) in [7, 11) is 4.81. The lowest BCUT2D eigenvalue weighted by Crippen LogP contribution is -2.42. The lowest BCUT2D eigenvalue weighted by atomic mass is 10.1. The van der Waals surface area contributed by atoms with Crippen LogP contribution in [-0.2, 0) is 17.8 Å². The van der Waals surface area contributed by atoms with Crippen molar-refractivity contribution in [3.63, 3.8) is 0 Å². The first-order chi connectivity index (χ1) is 18.5. The van der Waals surface area contributed by atoms with Crippen LogP contribution in [0.3, 0.4) is 0 Å². The molecule has 10 heteroatoms. The maximum absolute atomic E-state index is 13.1. The van der Waals surface area contributed by atoms with Gasteiger partial charge in [0.1, 0.15) is 5.75 Å². The molecule has 0 unspecified atom stereocenters. The van der Waals surface area contributed by atoms with E-state index in [4.69, 9.17) is 31.2 Å². The van der Waals surface area contributed by atoms with Crippen LogP contribution in [0.5, 0.6) is 17.2 Å². The zero-order chi connectivity index (χ0) is 26.9. The number of hydrogen-bond acceptors (Lipinski definition) is 7. The zero-order valence-corrected chi connectivity index (χ0v) is 23.1. The van der Waals surface area contributed by atoms with Gasteiger partial charge in [-0.1, -0.05) is 12.1 Å².